The van der Waals surface area contributed by atoms with Gasteiger partial charge in [-0.2, -0.15) is 0 Å². The predicted octanol–water partition coefficient (Wildman–Crippen LogP) is 2.19. The Labute approximate surface area is 125 Å². The Kier molecular flexibility index (Phi) is 5.26. The molecule has 1 amide bonds. The van der Waals surface area contributed by atoms with Crippen LogP contribution in [0.15, 0.2) is 18.2 Å². The van der Waals surface area contributed by atoms with Gasteiger partial charge in [0.25, 0.3) is 5.91 Å². The van der Waals surface area contributed by atoms with E-state index in [1.54, 1.807) is 6.07 Å². The van der Waals surface area contributed by atoms with E-state index in [4.69, 9.17) is 16.3 Å². The zero-order valence-corrected chi connectivity index (χ0v) is 12.8. The van der Waals surface area contributed by atoms with Crippen molar-refractivity contribution < 1.29 is 9.53 Å². The second-order valence-electron chi connectivity index (χ2n) is 5.04. The van der Waals surface area contributed by atoms with Crippen LogP contribution in [0.4, 0.5) is 0 Å². The molecule has 1 fully saturated rings. The van der Waals surface area contributed by atoms with E-state index in [0.29, 0.717) is 10.8 Å². The van der Waals surface area contributed by atoms with Gasteiger partial charge in [-0.15, -0.1) is 0 Å². The summed E-state index contributed by atoms with van der Waals surface area (Å²) in [4.78, 5) is 16.3. The quantitative estimate of drug-likeness (QED) is 0.854. The summed E-state index contributed by atoms with van der Waals surface area (Å²) in [5, 5.41) is 0.541. The molecule has 1 aromatic rings. The minimum atomic E-state index is 0.0262. The number of amides is 1. The van der Waals surface area contributed by atoms with Crippen molar-refractivity contribution in [1.82, 2.24) is 9.80 Å². The molecule has 20 heavy (non-hydrogen) atoms. The van der Waals surface area contributed by atoms with E-state index in [0.717, 1.165) is 38.3 Å². The summed E-state index contributed by atoms with van der Waals surface area (Å²) in [6.07, 6.45) is 0. The van der Waals surface area contributed by atoms with Gasteiger partial charge in [-0.3, -0.25) is 4.79 Å². The average Bonchev–Trinajstić information content (AvgIpc) is 2.48. The van der Waals surface area contributed by atoms with Crippen LogP contribution >= 0.6 is 11.6 Å². The molecular weight excluding hydrogens is 276 g/mol. The maximum Gasteiger partial charge on any atom is 0.260 e. The van der Waals surface area contributed by atoms with E-state index in [-0.39, 0.29) is 12.5 Å². The fourth-order valence-corrected chi connectivity index (χ4v) is 2.44. The van der Waals surface area contributed by atoms with Crippen LogP contribution in [0.5, 0.6) is 5.75 Å². The number of nitrogens with zero attached hydrogens (tertiary/aromatic N) is 2. The van der Waals surface area contributed by atoms with E-state index in [1.807, 2.05) is 24.0 Å². The molecular formula is C15H21ClN2O2. The fraction of sp³-hybridized carbons (Fsp3) is 0.533. The van der Waals surface area contributed by atoms with Crippen molar-refractivity contribution in [3.05, 3.63) is 28.8 Å². The number of rotatable bonds is 4. The molecule has 1 aromatic carbocycles. The van der Waals surface area contributed by atoms with Crippen LogP contribution in [0.3, 0.4) is 0 Å². The molecule has 0 N–H and O–H groups in total. The molecule has 1 aliphatic rings. The lowest BCUT2D eigenvalue weighted by Crippen LogP contribution is -2.49. The second-order valence-corrected chi connectivity index (χ2v) is 5.44. The first kappa shape index (κ1) is 15.1. The van der Waals surface area contributed by atoms with Crippen molar-refractivity contribution in [1.29, 1.82) is 0 Å². The van der Waals surface area contributed by atoms with Crippen molar-refractivity contribution in [3.8, 4) is 5.75 Å². The first-order chi connectivity index (χ1) is 9.60. The summed E-state index contributed by atoms with van der Waals surface area (Å²) < 4.78 is 5.55. The number of halogens is 1. The Bertz CT molecular complexity index is 471. The first-order valence-corrected chi connectivity index (χ1v) is 7.37. The van der Waals surface area contributed by atoms with Gasteiger partial charge in [0.2, 0.25) is 0 Å². The molecule has 0 bridgehead atoms. The minimum Gasteiger partial charge on any atom is -0.482 e. The molecule has 0 aromatic heterocycles. The van der Waals surface area contributed by atoms with Gasteiger partial charge in [0.05, 0.1) is 5.02 Å². The molecule has 0 saturated carbocycles. The standard InChI is InChI=1S/C15H21ClN2O2/c1-3-17-6-8-18(9-7-17)15(19)11-20-14-10-12(2)4-5-13(14)16/h4-5,10H,3,6-9,11H2,1-2H3. The molecule has 1 aliphatic heterocycles. The maximum atomic E-state index is 12.1. The number of ether oxygens (including phenoxy) is 1. The lowest BCUT2D eigenvalue weighted by molar-refractivity contribution is -0.135. The van der Waals surface area contributed by atoms with E-state index in [1.165, 1.54) is 0 Å². The van der Waals surface area contributed by atoms with Gasteiger partial charge < -0.3 is 14.5 Å². The van der Waals surface area contributed by atoms with Gasteiger partial charge in [-0.1, -0.05) is 24.6 Å². The molecule has 2 rings (SSSR count). The second kappa shape index (κ2) is 6.95. The Balaban J connectivity index is 1.85. The van der Waals surface area contributed by atoms with Crippen molar-refractivity contribution in [2.24, 2.45) is 0 Å². The highest BCUT2D eigenvalue weighted by Gasteiger charge is 2.20. The minimum absolute atomic E-state index is 0.0262. The molecule has 5 heteroatoms. The molecule has 0 spiro atoms. The van der Waals surface area contributed by atoms with Crippen LogP contribution in [0, 0.1) is 6.92 Å². The summed E-state index contributed by atoms with van der Waals surface area (Å²) in [5.74, 6) is 0.602. The number of carbonyl (C=O) groups is 1. The molecule has 0 radical (unpaired) electrons. The Hall–Kier alpha value is -1.26. The van der Waals surface area contributed by atoms with Gasteiger partial charge in [-0.05, 0) is 31.2 Å². The number of piperazine rings is 1. The summed E-state index contributed by atoms with van der Waals surface area (Å²) in [5.41, 5.74) is 1.06. The lowest BCUT2D eigenvalue weighted by atomic mass is 10.2. The zero-order chi connectivity index (χ0) is 14.5. The van der Waals surface area contributed by atoms with Crippen LogP contribution < -0.4 is 4.74 Å². The van der Waals surface area contributed by atoms with E-state index < -0.39 is 0 Å². The van der Waals surface area contributed by atoms with Gasteiger partial charge in [-0.25, -0.2) is 0 Å². The lowest BCUT2D eigenvalue weighted by Gasteiger charge is -2.33. The Morgan fingerprint density at radius 3 is 2.65 bits per heavy atom. The monoisotopic (exact) mass is 296 g/mol. The van der Waals surface area contributed by atoms with E-state index in [2.05, 4.69) is 11.8 Å². The highest BCUT2D eigenvalue weighted by atomic mass is 35.5. The smallest absolute Gasteiger partial charge is 0.260 e. The summed E-state index contributed by atoms with van der Waals surface area (Å²) in [7, 11) is 0. The van der Waals surface area contributed by atoms with Crippen LogP contribution in [0.1, 0.15) is 12.5 Å². The molecule has 4 nitrogen and oxygen atoms in total. The molecule has 1 saturated heterocycles. The van der Waals surface area contributed by atoms with Crippen molar-refractivity contribution in [2.45, 2.75) is 13.8 Å². The highest BCUT2D eigenvalue weighted by molar-refractivity contribution is 6.32. The van der Waals surface area contributed by atoms with Crippen LogP contribution in [0.25, 0.3) is 0 Å². The van der Waals surface area contributed by atoms with Crippen LogP contribution in [-0.2, 0) is 4.79 Å². The molecule has 0 atom stereocenters. The molecule has 0 unspecified atom stereocenters. The summed E-state index contributed by atoms with van der Waals surface area (Å²) in [6.45, 7) is 8.62. The number of benzene rings is 1. The number of likely N-dealkylation sites (N-methyl/N-ethyl adjacent to an activating group) is 1. The van der Waals surface area contributed by atoms with Crippen molar-refractivity contribution in [2.75, 3.05) is 39.3 Å². The third kappa shape index (κ3) is 3.87. The Morgan fingerprint density at radius 2 is 2.00 bits per heavy atom. The molecule has 110 valence electrons. The molecule has 1 heterocycles. The van der Waals surface area contributed by atoms with Crippen molar-refractivity contribution >= 4 is 17.5 Å². The normalized spacial score (nSPS) is 16.2. The van der Waals surface area contributed by atoms with Gasteiger partial charge >= 0.3 is 0 Å². The topological polar surface area (TPSA) is 32.8 Å². The number of hydrogen-bond donors (Lipinski definition) is 0. The van der Waals surface area contributed by atoms with E-state index in [9.17, 15) is 4.79 Å². The predicted molar refractivity (Wildman–Crippen MR) is 80.4 cm³/mol. The third-order valence-corrected chi connectivity index (χ3v) is 3.92. The summed E-state index contributed by atoms with van der Waals surface area (Å²) >= 11 is 6.05. The Morgan fingerprint density at radius 1 is 1.30 bits per heavy atom. The van der Waals surface area contributed by atoms with Crippen molar-refractivity contribution in [3.63, 3.8) is 0 Å². The zero-order valence-electron chi connectivity index (χ0n) is 12.1. The first-order valence-electron chi connectivity index (χ1n) is 6.99. The van der Waals surface area contributed by atoms with Gasteiger partial charge in [0.1, 0.15) is 5.75 Å². The van der Waals surface area contributed by atoms with E-state index >= 15 is 0 Å². The fourth-order valence-electron chi connectivity index (χ4n) is 2.27. The number of hydrogen-bond acceptors (Lipinski definition) is 3. The maximum absolute atomic E-state index is 12.1. The largest absolute Gasteiger partial charge is 0.482 e. The number of carbonyl (C=O) groups excluding carboxylic acids is 1. The molecule has 0 aliphatic carbocycles. The summed E-state index contributed by atoms with van der Waals surface area (Å²) in [6, 6.07) is 5.56. The average molecular weight is 297 g/mol. The van der Waals surface area contributed by atoms with Gasteiger partial charge in [0, 0.05) is 26.2 Å². The van der Waals surface area contributed by atoms with Crippen LogP contribution in [0.2, 0.25) is 5.02 Å². The van der Waals surface area contributed by atoms with Gasteiger partial charge in [0.15, 0.2) is 6.61 Å². The SMILES string of the molecule is CCN1CCN(C(=O)COc2cc(C)ccc2Cl)CC1. The third-order valence-electron chi connectivity index (χ3n) is 3.61. The van der Waals surface area contributed by atoms with Crippen LogP contribution in [-0.4, -0.2) is 55.0 Å². The number of aryl methyl sites for hydroxylation is 1. The highest BCUT2D eigenvalue weighted by Crippen LogP contribution is 2.25.